The summed E-state index contributed by atoms with van der Waals surface area (Å²) in [5.74, 6) is 2.63. The largest absolute Gasteiger partial charge is 0.497 e. The standard InChI is InChI=1S/C48H40O6P2/c1-51-35-15-23-39(24-16-35)55(49,40-25-17-36(52-2)18-26-40)45-31-13-33-9-5-7-11-43(33)47(45)48-44-12-8-6-10-34(44)14-32-46(48)56(50,41-27-19-37(53-3)20-28-41)42-29-21-38(54-4)22-30-42/h5-32H,1-4H3. The molecule has 8 aromatic rings. The molecule has 0 saturated heterocycles. The maximum Gasteiger partial charge on any atom is 0.171 e. The number of benzene rings is 8. The lowest BCUT2D eigenvalue weighted by atomic mass is 9.93. The molecule has 0 aliphatic heterocycles. The molecule has 8 aromatic carbocycles. The van der Waals surface area contributed by atoms with Crippen LogP contribution in [-0.4, -0.2) is 28.4 Å². The van der Waals surface area contributed by atoms with Crippen LogP contribution in [0, 0.1) is 0 Å². The summed E-state index contributed by atoms with van der Waals surface area (Å²) in [6.07, 6.45) is 0. The number of hydrogen-bond acceptors (Lipinski definition) is 6. The van der Waals surface area contributed by atoms with E-state index in [0.717, 1.165) is 32.7 Å². The summed E-state index contributed by atoms with van der Waals surface area (Å²) in [7, 11) is -0.922. The van der Waals surface area contributed by atoms with Crippen molar-refractivity contribution in [3.05, 3.63) is 170 Å². The summed E-state index contributed by atoms with van der Waals surface area (Å²) in [6.45, 7) is 0. The molecule has 0 heterocycles. The van der Waals surface area contributed by atoms with E-state index >= 15 is 9.13 Å². The third-order valence-corrected chi connectivity index (χ3v) is 16.7. The summed E-state index contributed by atoms with van der Waals surface area (Å²) in [5, 5.41) is 7.49. The first-order chi connectivity index (χ1) is 27.3. The van der Waals surface area contributed by atoms with Gasteiger partial charge in [-0.05, 0) is 131 Å². The third-order valence-electron chi connectivity index (χ3n) is 10.5. The van der Waals surface area contributed by atoms with Crippen molar-refractivity contribution < 1.29 is 28.1 Å². The van der Waals surface area contributed by atoms with E-state index in [1.807, 2.05) is 146 Å². The number of rotatable bonds is 11. The van der Waals surface area contributed by atoms with Crippen LogP contribution in [0.3, 0.4) is 0 Å². The Kier molecular flexibility index (Phi) is 10.0. The van der Waals surface area contributed by atoms with Crippen LogP contribution in [0.1, 0.15) is 0 Å². The second-order valence-electron chi connectivity index (χ2n) is 13.4. The Morgan fingerprint density at radius 1 is 0.321 bits per heavy atom. The Morgan fingerprint density at radius 3 is 0.857 bits per heavy atom. The Morgan fingerprint density at radius 2 is 0.589 bits per heavy atom. The lowest BCUT2D eigenvalue weighted by molar-refractivity contribution is 0.415. The Bertz CT molecular complexity index is 2480. The van der Waals surface area contributed by atoms with E-state index in [0.29, 0.717) is 54.8 Å². The van der Waals surface area contributed by atoms with Gasteiger partial charge >= 0.3 is 0 Å². The van der Waals surface area contributed by atoms with Gasteiger partial charge in [-0.1, -0.05) is 60.7 Å². The van der Waals surface area contributed by atoms with Crippen molar-refractivity contribution in [1.29, 1.82) is 0 Å². The highest BCUT2D eigenvalue weighted by Crippen LogP contribution is 2.52. The zero-order valence-electron chi connectivity index (χ0n) is 31.5. The van der Waals surface area contributed by atoms with Crippen molar-refractivity contribution >= 4 is 67.7 Å². The average molecular weight is 775 g/mol. The molecule has 0 spiro atoms. The molecule has 0 amide bonds. The number of hydrogen-bond donors (Lipinski definition) is 0. The van der Waals surface area contributed by atoms with E-state index < -0.39 is 14.3 Å². The van der Waals surface area contributed by atoms with Crippen LogP contribution < -0.4 is 50.8 Å². The van der Waals surface area contributed by atoms with Crippen LogP contribution in [0.15, 0.2) is 170 Å². The van der Waals surface area contributed by atoms with E-state index in [4.69, 9.17) is 18.9 Å². The van der Waals surface area contributed by atoms with E-state index in [-0.39, 0.29) is 0 Å². The number of methoxy groups -OCH3 is 4. The molecule has 0 saturated carbocycles. The molecular formula is C48H40O6P2. The van der Waals surface area contributed by atoms with Gasteiger partial charge in [-0.3, -0.25) is 0 Å². The molecule has 0 radical (unpaired) electrons. The molecule has 0 bridgehead atoms. The molecular weight excluding hydrogens is 734 g/mol. The molecule has 0 aromatic heterocycles. The summed E-state index contributed by atoms with van der Waals surface area (Å²) in [5.41, 5.74) is 1.51. The van der Waals surface area contributed by atoms with Crippen LogP contribution in [0.5, 0.6) is 23.0 Å². The molecule has 0 unspecified atom stereocenters. The number of ether oxygens (including phenoxy) is 4. The molecule has 8 rings (SSSR count). The lowest BCUT2D eigenvalue weighted by Gasteiger charge is -2.28. The van der Waals surface area contributed by atoms with Crippen LogP contribution in [0.2, 0.25) is 0 Å². The van der Waals surface area contributed by atoms with Gasteiger partial charge in [0.05, 0.1) is 28.4 Å². The summed E-state index contributed by atoms with van der Waals surface area (Å²) in [4.78, 5) is 0. The van der Waals surface area contributed by atoms with E-state index in [1.165, 1.54) is 0 Å². The van der Waals surface area contributed by atoms with Crippen molar-refractivity contribution in [2.45, 2.75) is 0 Å². The topological polar surface area (TPSA) is 71.1 Å². The molecule has 8 heteroatoms. The summed E-state index contributed by atoms with van der Waals surface area (Å²) < 4.78 is 55.5. The van der Waals surface area contributed by atoms with Gasteiger partial charge in [-0.15, -0.1) is 0 Å². The SMILES string of the molecule is COc1ccc(P(=O)(c2ccc(OC)cc2)c2ccc3ccccc3c2-c2c(P(=O)(c3ccc(OC)cc3)c3ccc(OC)cc3)ccc3ccccc23)cc1. The van der Waals surface area contributed by atoms with Gasteiger partial charge in [0.1, 0.15) is 23.0 Å². The fourth-order valence-electron chi connectivity index (χ4n) is 7.59. The smallest absolute Gasteiger partial charge is 0.171 e. The van der Waals surface area contributed by atoms with Crippen LogP contribution in [0.25, 0.3) is 32.7 Å². The second-order valence-corrected chi connectivity index (χ2v) is 18.8. The monoisotopic (exact) mass is 774 g/mol. The highest BCUT2D eigenvalue weighted by molar-refractivity contribution is 7.86. The minimum atomic E-state index is -3.69. The van der Waals surface area contributed by atoms with E-state index in [9.17, 15) is 0 Å². The fourth-order valence-corrected chi connectivity index (χ4v) is 13.2. The molecule has 0 atom stereocenters. The van der Waals surface area contributed by atoms with E-state index in [2.05, 4.69) is 24.3 Å². The van der Waals surface area contributed by atoms with Crippen LogP contribution in [0.4, 0.5) is 0 Å². The quantitative estimate of drug-likeness (QED) is 0.122. The molecule has 6 nitrogen and oxygen atoms in total. The molecule has 0 aliphatic rings. The van der Waals surface area contributed by atoms with Gasteiger partial charge in [0.15, 0.2) is 14.3 Å². The van der Waals surface area contributed by atoms with Gasteiger partial charge in [0.25, 0.3) is 0 Å². The van der Waals surface area contributed by atoms with Gasteiger partial charge in [-0.2, -0.15) is 0 Å². The van der Waals surface area contributed by atoms with Gasteiger partial charge in [0.2, 0.25) is 0 Å². The molecule has 0 N–H and O–H groups in total. The first-order valence-corrected chi connectivity index (χ1v) is 21.6. The third kappa shape index (κ3) is 6.26. The lowest BCUT2D eigenvalue weighted by Crippen LogP contribution is -2.30. The van der Waals surface area contributed by atoms with Crippen molar-refractivity contribution in [3.8, 4) is 34.1 Å². The summed E-state index contributed by atoms with van der Waals surface area (Å²) >= 11 is 0. The van der Waals surface area contributed by atoms with Crippen molar-refractivity contribution in [1.82, 2.24) is 0 Å². The van der Waals surface area contributed by atoms with Gasteiger partial charge in [0, 0.05) is 43.0 Å². The predicted octanol–water partition coefficient (Wildman–Crippen LogP) is 8.97. The van der Waals surface area contributed by atoms with Crippen molar-refractivity contribution in [3.63, 3.8) is 0 Å². The minimum absolute atomic E-state index is 0.625. The molecule has 0 fully saturated rings. The Balaban J connectivity index is 1.55. The highest BCUT2D eigenvalue weighted by atomic mass is 31.2. The first kappa shape index (κ1) is 36.9. The normalized spacial score (nSPS) is 11.7. The van der Waals surface area contributed by atoms with Gasteiger partial charge < -0.3 is 28.1 Å². The zero-order valence-corrected chi connectivity index (χ0v) is 33.3. The zero-order chi connectivity index (χ0) is 38.9. The van der Waals surface area contributed by atoms with Crippen molar-refractivity contribution in [2.24, 2.45) is 0 Å². The minimum Gasteiger partial charge on any atom is -0.497 e. The fraction of sp³-hybridized carbons (Fsp3) is 0.0833. The maximum atomic E-state index is 16.7. The molecule has 278 valence electrons. The average Bonchev–Trinajstić information content (AvgIpc) is 3.27. The van der Waals surface area contributed by atoms with Crippen LogP contribution >= 0.6 is 14.3 Å². The molecule has 56 heavy (non-hydrogen) atoms. The molecule has 0 aliphatic carbocycles. The van der Waals surface area contributed by atoms with Crippen LogP contribution in [-0.2, 0) is 9.13 Å². The predicted molar refractivity (Wildman–Crippen MR) is 232 cm³/mol. The highest BCUT2D eigenvalue weighted by Gasteiger charge is 2.38. The van der Waals surface area contributed by atoms with E-state index in [1.54, 1.807) is 28.4 Å². The van der Waals surface area contributed by atoms with Crippen molar-refractivity contribution in [2.75, 3.05) is 28.4 Å². The Labute approximate surface area is 327 Å². The van der Waals surface area contributed by atoms with Gasteiger partial charge in [-0.25, -0.2) is 0 Å². The Hall–Kier alpha value is -6.06. The number of fused-ring (bicyclic) bond motifs is 2. The maximum absolute atomic E-state index is 16.7. The summed E-state index contributed by atoms with van der Waals surface area (Å²) in [6, 6.07) is 54.1. The second kappa shape index (κ2) is 15.2. The first-order valence-electron chi connectivity index (χ1n) is 18.2.